The number of aromatic carboxylic acids is 1. The van der Waals surface area contributed by atoms with Gasteiger partial charge in [0.15, 0.2) is 5.82 Å². The Morgan fingerprint density at radius 2 is 2.04 bits per heavy atom. The van der Waals surface area contributed by atoms with Crippen LogP contribution in [0.25, 0.3) is 27.4 Å². The third-order valence-electron chi connectivity index (χ3n) is 3.99. The van der Waals surface area contributed by atoms with Crippen LogP contribution in [0.2, 0.25) is 0 Å². The molecule has 7 nitrogen and oxygen atoms in total. The lowest BCUT2D eigenvalue weighted by Gasteiger charge is -2.08. The molecule has 0 saturated carbocycles. The van der Waals surface area contributed by atoms with Crippen molar-refractivity contribution in [2.24, 2.45) is 0 Å². The van der Waals surface area contributed by atoms with Crippen LogP contribution in [0.5, 0.6) is 0 Å². The fourth-order valence-corrected chi connectivity index (χ4v) is 3.69. The summed E-state index contributed by atoms with van der Waals surface area (Å²) < 4.78 is 1.69. The zero-order chi connectivity index (χ0) is 17.0. The lowest BCUT2D eigenvalue weighted by molar-refractivity contribution is 0.0696. The summed E-state index contributed by atoms with van der Waals surface area (Å²) in [5.74, 6) is -0.454. The van der Waals surface area contributed by atoms with Crippen molar-refractivity contribution >= 4 is 34.0 Å². The molecule has 0 radical (unpaired) electrons. The first-order chi connectivity index (χ1) is 11.5. The van der Waals surface area contributed by atoms with Gasteiger partial charge in [-0.25, -0.2) is 4.79 Å². The molecule has 0 saturated heterocycles. The average molecular weight is 340 g/mol. The van der Waals surface area contributed by atoms with E-state index in [9.17, 15) is 14.7 Å². The number of thiophene rings is 1. The number of H-pyrrole nitrogens is 1. The average Bonchev–Trinajstić information content (AvgIpc) is 3.13. The molecule has 4 aromatic rings. The van der Waals surface area contributed by atoms with E-state index in [2.05, 4.69) is 15.2 Å². The first kappa shape index (κ1) is 14.6. The maximum absolute atomic E-state index is 12.3. The fourth-order valence-electron chi connectivity index (χ4n) is 2.79. The number of carboxylic acids is 1. The van der Waals surface area contributed by atoms with Gasteiger partial charge in [-0.3, -0.25) is 9.20 Å². The number of nitrogens with zero attached hydrogens (tertiary/aromatic N) is 3. The summed E-state index contributed by atoms with van der Waals surface area (Å²) in [6, 6.07) is 5.18. The Kier molecular flexibility index (Phi) is 3.04. The highest BCUT2D eigenvalue weighted by molar-refractivity contribution is 7.13. The molecule has 0 amide bonds. The van der Waals surface area contributed by atoms with Gasteiger partial charge >= 0.3 is 5.97 Å². The van der Waals surface area contributed by atoms with E-state index in [1.54, 1.807) is 17.4 Å². The van der Waals surface area contributed by atoms with Crippen molar-refractivity contribution in [3.05, 3.63) is 50.6 Å². The van der Waals surface area contributed by atoms with Crippen LogP contribution in [0.15, 0.2) is 28.4 Å². The van der Waals surface area contributed by atoms with Gasteiger partial charge in [0, 0.05) is 0 Å². The number of nitrogens with one attached hydrogen (secondary N) is 1. The maximum atomic E-state index is 12.3. The summed E-state index contributed by atoms with van der Waals surface area (Å²) in [6.45, 7) is 3.69. The van der Waals surface area contributed by atoms with Crippen LogP contribution in [-0.4, -0.2) is 30.7 Å². The van der Waals surface area contributed by atoms with E-state index in [0.29, 0.717) is 22.4 Å². The van der Waals surface area contributed by atoms with E-state index in [1.165, 1.54) is 17.4 Å². The number of aryl methyl sites for hydroxylation is 2. The van der Waals surface area contributed by atoms with Crippen molar-refractivity contribution < 1.29 is 9.90 Å². The number of aromatic nitrogens is 4. The number of aromatic amines is 1. The van der Waals surface area contributed by atoms with Gasteiger partial charge in [-0.1, -0.05) is 0 Å². The second kappa shape index (κ2) is 5.00. The minimum Gasteiger partial charge on any atom is -0.478 e. The van der Waals surface area contributed by atoms with E-state index >= 15 is 0 Å². The van der Waals surface area contributed by atoms with Gasteiger partial charge in [0.1, 0.15) is 0 Å². The van der Waals surface area contributed by atoms with E-state index in [4.69, 9.17) is 0 Å². The molecule has 0 bridgehead atoms. The van der Waals surface area contributed by atoms with E-state index in [1.807, 2.05) is 18.4 Å². The van der Waals surface area contributed by atoms with Crippen LogP contribution in [0.1, 0.15) is 21.5 Å². The van der Waals surface area contributed by atoms with Gasteiger partial charge < -0.3 is 10.1 Å². The molecule has 0 spiro atoms. The van der Waals surface area contributed by atoms with Gasteiger partial charge in [0.25, 0.3) is 5.56 Å². The molecule has 120 valence electrons. The topological polar surface area (TPSA) is 100 Å². The van der Waals surface area contributed by atoms with Crippen molar-refractivity contribution in [1.29, 1.82) is 0 Å². The third kappa shape index (κ3) is 1.96. The molecule has 0 unspecified atom stereocenters. The molecule has 0 fully saturated rings. The van der Waals surface area contributed by atoms with Crippen LogP contribution in [0.4, 0.5) is 0 Å². The van der Waals surface area contributed by atoms with E-state index in [-0.39, 0.29) is 11.2 Å². The molecule has 0 aliphatic rings. The highest BCUT2D eigenvalue weighted by Crippen LogP contribution is 2.29. The van der Waals surface area contributed by atoms with E-state index < -0.39 is 11.5 Å². The predicted molar refractivity (Wildman–Crippen MR) is 90.9 cm³/mol. The maximum Gasteiger partial charge on any atom is 0.336 e. The molecule has 24 heavy (non-hydrogen) atoms. The molecule has 4 rings (SSSR count). The zero-order valence-electron chi connectivity index (χ0n) is 12.8. The normalized spacial score (nSPS) is 11.4. The van der Waals surface area contributed by atoms with Crippen LogP contribution >= 0.6 is 11.3 Å². The number of carbonyl (C=O) groups is 1. The summed E-state index contributed by atoms with van der Waals surface area (Å²) in [6.07, 6.45) is 0. The van der Waals surface area contributed by atoms with Crippen LogP contribution in [0.3, 0.4) is 0 Å². The zero-order valence-corrected chi connectivity index (χ0v) is 13.6. The number of hydrogen-bond donors (Lipinski definition) is 2. The summed E-state index contributed by atoms with van der Waals surface area (Å²) in [7, 11) is 0. The Balaban J connectivity index is 2.19. The fraction of sp³-hybridized carbons (Fsp3) is 0.125. The SMILES string of the molecule is Cc1cc2c(cc1C(=O)O)[nH]c(=O)c1nnc(-c3sccc3C)n12. The third-order valence-corrected chi connectivity index (χ3v) is 5.01. The standard InChI is InChI=1S/C16H12N4O3S/c1-7-3-4-24-12(7)13-18-19-14-15(21)17-10-6-9(16(22)23)8(2)5-11(10)20(13)14/h3-6H,1-2H3,(H,17,21)(H,22,23). The Morgan fingerprint density at radius 1 is 1.25 bits per heavy atom. The first-order valence-corrected chi connectivity index (χ1v) is 8.05. The molecule has 2 N–H and O–H groups in total. The monoisotopic (exact) mass is 340 g/mol. The number of rotatable bonds is 2. The Hall–Kier alpha value is -3.00. The van der Waals surface area contributed by atoms with Gasteiger partial charge in [-0.2, -0.15) is 0 Å². The predicted octanol–water partition coefficient (Wildman–Crippen LogP) is 2.61. The molecular formula is C16H12N4O3S. The second-order valence-electron chi connectivity index (χ2n) is 5.56. The van der Waals surface area contributed by atoms with Crippen molar-refractivity contribution in [2.75, 3.05) is 0 Å². The Bertz CT molecular complexity index is 1190. The van der Waals surface area contributed by atoms with Crippen molar-refractivity contribution in [1.82, 2.24) is 19.6 Å². The first-order valence-electron chi connectivity index (χ1n) is 7.17. The Labute approximate surface area is 139 Å². The molecule has 3 heterocycles. The lowest BCUT2D eigenvalue weighted by atomic mass is 10.1. The van der Waals surface area contributed by atoms with Crippen LogP contribution in [-0.2, 0) is 0 Å². The van der Waals surface area contributed by atoms with Crippen LogP contribution in [0, 0.1) is 13.8 Å². The highest BCUT2D eigenvalue weighted by atomic mass is 32.1. The summed E-state index contributed by atoms with van der Waals surface area (Å²) in [5.41, 5.74) is 2.68. The molecule has 0 atom stereocenters. The number of benzene rings is 1. The van der Waals surface area contributed by atoms with Crippen molar-refractivity contribution in [3.8, 4) is 10.7 Å². The molecule has 3 aromatic heterocycles. The smallest absolute Gasteiger partial charge is 0.336 e. The number of carboxylic acid groups (broad SMARTS) is 1. The van der Waals surface area contributed by atoms with Gasteiger partial charge in [0.05, 0.1) is 21.5 Å². The second-order valence-corrected chi connectivity index (χ2v) is 6.48. The summed E-state index contributed by atoms with van der Waals surface area (Å²) >= 11 is 1.52. The van der Waals surface area contributed by atoms with Crippen molar-refractivity contribution in [3.63, 3.8) is 0 Å². The number of hydrogen-bond acceptors (Lipinski definition) is 5. The highest BCUT2D eigenvalue weighted by Gasteiger charge is 2.18. The van der Waals surface area contributed by atoms with Crippen LogP contribution < -0.4 is 5.56 Å². The largest absolute Gasteiger partial charge is 0.478 e. The summed E-state index contributed by atoms with van der Waals surface area (Å²) in [5, 5.41) is 19.4. The molecule has 0 aliphatic carbocycles. The van der Waals surface area contributed by atoms with Gasteiger partial charge in [-0.05, 0) is 48.6 Å². The molecule has 1 aromatic carbocycles. The quantitative estimate of drug-likeness (QED) is 0.584. The minimum atomic E-state index is -1.03. The lowest BCUT2D eigenvalue weighted by Crippen LogP contribution is -2.12. The Morgan fingerprint density at radius 3 is 2.71 bits per heavy atom. The molecular weight excluding hydrogens is 328 g/mol. The van der Waals surface area contributed by atoms with Crippen molar-refractivity contribution in [2.45, 2.75) is 13.8 Å². The summed E-state index contributed by atoms with van der Waals surface area (Å²) in [4.78, 5) is 27.3. The molecule has 8 heteroatoms. The number of fused-ring (bicyclic) bond motifs is 3. The minimum absolute atomic E-state index is 0.152. The molecule has 0 aliphatic heterocycles. The van der Waals surface area contributed by atoms with Gasteiger partial charge in [0.2, 0.25) is 5.65 Å². The van der Waals surface area contributed by atoms with E-state index in [0.717, 1.165) is 10.4 Å². The van der Waals surface area contributed by atoms with Gasteiger partial charge in [-0.15, -0.1) is 21.5 Å².